The Bertz CT molecular complexity index is 502. The lowest BCUT2D eigenvalue weighted by Gasteiger charge is -2.17. The van der Waals surface area contributed by atoms with E-state index in [0.717, 1.165) is 0 Å². The third kappa shape index (κ3) is 4.39. The molecule has 0 bridgehead atoms. The van der Waals surface area contributed by atoms with E-state index in [1.165, 1.54) is 30.3 Å². The van der Waals surface area contributed by atoms with Crippen LogP contribution < -0.4 is 5.32 Å². The first-order chi connectivity index (χ1) is 8.93. The first-order valence-electron chi connectivity index (χ1n) is 5.85. The molecule has 0 aliphatic carbocycles. The highest BCUT2D eigenvalue weighted by Gasteiger charge is 2.16. The highest BCUT2D eigenvalue weighted by atomic mass is 16.2. The Morgan fingerprint density at radius 2 is 2.16 bits per heavy atom. The molecule has 1 heterocycles. The summed E-state index contributed by atoms with van der Waals surface area (Å²) in [7, 11) is 1.53. The number of pyridine rings is 1. The molecule has 0 saturated heterocycles. The summed E-state index contributed by atoms with van der Waals surface area (Å²) in [4.78, 5) is 28.7. The second-order valence-corrected chi connectivity index (χ2v) is 4.43. The number of nitrogens with one attached hydrogen (secondary N) is 1. The lowest BCUT2D eigenvalue weighted by Crippen LogP contribution is -2.41. The molecule has 1 N–H and O–H groups in total. The molecule has 6 nitrogen and oxygen atoms in total. The van der Waals surface area contributed by atoms with E-state index in [1.54, 1.807) is 0 Å². The van der Waals surface area contributed by atoms with Gasteiger partial charge in [0.1, 0.15) is 11.8 Å². The van der Waals surface area contributed by atoms with E-state index in [0.29, 0.717) is 5.56 Å². The Hall–Kier alpha value is -2.42. The second kappa shape index (κ2) is 6.50. The van der Waals surface area contributed by atoms with E-state index in [1.807, 2.05) is 19.9 Å². The number of carbonyl (C=O) groups excluding carboxylic acids is 2. The van der Waals surface area contributed by atoms with Gasteiger partial charge in [-0.15, -0.1) is 0 Å². The minimum absolute atomic E-state index is 0.0291. The van der Waals surface area contributed by atoms with Crippen molar-refractivity contribution in [2.24, 2.45) is 0 Å². The third-order valence-electron chi connectivity index (χ3n) is 2.29. The van der Waals surface area contributed by atoms with Crippen LogP contribution in [0.4, 0.5) is 0 Å². The Kier molecular flexibility index (Phi) is 5.01. The van der Waals surface area contributed by atoms with E-state index < -0.39 is 0 Å². The maximum atomic E-state index is 12.0. The summed E-state index contributed by atoms with van der Waals surface area (Å²) in [6, 6.07) is 4.94. The normalized spacial score (nSPS) is 9.84. The Morgan fingerprint density at radius 1 is 1.47 bits per heavy atom. The molecule has 0 atom stereocenters. The molecule has 100 valence electrons. The average molecular weight is 260 g/mol. The van der Waals surface area contributed by atoms with Crippen LogP contribution in [0, 0.1) is 11.3 Å². The number of amides is 2. The van der Waals surface area contributed by atoms with Crippen LogP contribution in [0.2, 0.25) is 0 Å². The van der Waals surface area contributed by atoms with Gasteiger partial charge < -0.3 is 10.2 Å². The molecule has 1 aromatic heterocycles. The van der Waals surface area contributed by atoms with Crippen LogP contribution in [0.3, 0.4) is 0 Å². The van der Waals surface area contributed by atoms with Gasteiger partial charge in [0, 0.05) is 19.3 Å². The zero-order chi connectivity index (χ0) is 14.4. The van der Waals surface area contributed by atoms with Gasteiger partial charge in [0.2, 0.25) is 5.91 Å². The van der Waals surface area contributed by atoms with Crippen molar-refractivity contribution < 1.29 is 9.59 Å². The monoisotopic (exact) mass is 260 g/mol. The minimum Gasteiger partial charge on any atom is -0.352 e. The number of likely N-dealkylation sites (N-methyl/N-ethyl adjacent to an activating group) is 1. The lowest BCUT2D eigenvalue weighted by atomic mass is 10.2. The summed E-state index contributed by atoms with van der Waals surface area (Å²) in [5.74, 6) is -0.581. The number of rotatable bonds is 4. The molecular formula is C13H16N4O2. The average Bonchev–Trinajstić information content (AvgIpc) is 2.36. The van der Waals surface area contributed by atoms with Gasteiger partial charge in [-0.1, -0.05) is 0 Å². The molecule has 0 aromatic carbocycles. The standard InChI is InChI=1S/C13H16N4O2/c1-9(2)16-12(18)8-17(3)13(19)11-5-4-10(6-14)7-15-11/h4-5,7,9H,8H2,1-3H3,(H,16,18). The zero-order valence-electron chi connectivity index (χ0n) is 11.2. The maximum absolute atomic E-state index is 12.0. The molecule has 19 heavy (non-hydrogen) atoms. The van der Waals surface area contributed by atoms with Crippen LogP contribution in [-0.2, 0) is 4.79 Å². The molecule has 0 unspecified atom stereocenters. The van der Waals surface area contributed by atoms with Crippen LogP contribution in [0.15, 0.2) is 18.3 Å². The Morgan fingerprint density at radius 3 is 2.63 bits per heavy atom. The summed E-state index contributed by atoms with van der Waals surface area (Å²) in [5, 5.41) is 11.3. The molecule has 0 aliphatic rings. The van der Waals surface area contributed by atoms with Gasteiger partial charge in [-0.25, -0.2) is 4.98 Å². The van der Waals surface area contributed by atoms with Gasteiger partial charge in [-0.2, -0.15) is 5.26 Å². The zero-order valence-corrected chi connectivity index (χ0v) is 11.2. The van der Waals surface area contributed by atoms with Crippen molar-refractivity contribution in [3.05, 3.63) is 29.6 Å². The fraction of sp³-hybridized carbons (Fsp3) is 0.385. The predicted octanol–water partition coefficient (Wildman–Crippen LogP) is 0.550. The van der Waals surface area contributed by atoms with Gasteiger partial charge in [-0.05, 0) is 26.0 Å². The van der Waals surface area contributed by atoms with E-state index >= 15 is 0 Å². The fourth-order valence-electron chi connectivity index (χ4n) is 1.44. The van der Waals surface area contributed by atoms with Crippen LogP contribution >= 0.6 is 0 Å². The van der Waals surface area contributed by atoms with E-state index in [9.17, 15) is 9.59 Å². The number of carbonyl (C=O) groups is 2. The van der Waals surface area contributed by atoms with Crippen molar-refractivity contribution >= 4 is 11.8 Å². The molecule has 0 saturated carbocycles. The van der Waals surface area contributed by atoms with Gasteiger partial charge >= 0.3 is 0 Å². The highest BCUT2D eigenvalue weighted by Crippen LogP contribution is 2.02. The molecule has 0 radical (unpaired) electrons. The Labute approximate surface area is 112 Å². The summed E-state index contributed by atoms with van der Waals surface area (Å²) in [6.45, 7) is 3.67. The Balaban J connectivity index is 2.66. The fourth-order valence-corrected chi connectivity index (χ4v) is 1.44. The number of hydrogen-bond donors (Lipinski definition) is 1. The van der Waals surface area contributed by atoms with Crippen molar-refractivity contribution in [1.82, 2.24) is 15.2 Å². The molecular weight excluding hydrogens is 244 g/mol. The van der Waals surface area contributed by atoms with Crippen LogP contribution in [0.5, 0.6) is 0 Å². The summed E-state index contributed by atoms with van der Waals surface area (Å²) >= 11 is 0. The van der Waals surface area contributed by atoms with Crippen LogP contribution in [0.1, 0.15) is 29.9 Å². The predicted molar refractivity (Wildman–Crippen MR) is 69.2 cm³/mol. The minimum atomic E-state index is -0.358. The smallest absolute Gasteiger partial charge is 0.272 e. The van der Waals surface area contributed by atoms with Crippen molar-refractivity contribution in [1.29, 1.82) is 5.26 Å². The van der Waals surface area contributed by atoms with E-state index in [-0.39, 0.29) is 30.1 Å². The van der Waals surface area contributed by atoms with Crippen molar-refractivity contribution in [2.75, 3.05) is 13.6 Å². The van der Waals surface area contributed by atoms with Crippen molar-refractivity contribution in [3.8, 4) is 6.07 Å². The van der Waals surface area contributed by atoms with Gasteiger partial charge in [0.05, 0.1) is 12.1 Å². The molecule has 2 amide bonds. The topological polar surface area (TPSA) is 86.1 Å². The van der Waals surface area contributed by atoms with Crippen molar-refractivity contribution in [3.63, 3.8) is 0 Å². The molecule has 0 aliphatic heterocycles. The summed E-state index contributed by atoms with van der Waals surface area (Å²) in [5.41, 5.74) is 0.593. The van der Waals surface area contributed by atoms with Gasteiger partial charge in [-0.3, -0.25) is 9.59 Å². The molecule has 1 aromatic rings. The van der Waals surface area contributed by atoms with Crippen molar-refractivity contribution in [2.45, 2.75) is 19.9 Å². The highest BCUT2D eigenvalue weighted by molar-refractivity contribution is 5.94. The molecule has 0 fully saturated rings. The lowest BCUT2D eigenvalue weighted by molar-refractivity contribution is -0.122. The number of nitriles is 1. The number of hydrogen-bond acceptors (Lipinski definition) is 4. The summed E-state index contributed by atoms with van der Waals surface area (Å²) < 4.78 is 0. The van der Waals surface area contributed by atoms with Gasteiger partial charge in [0.25, 0.3) is 5.91 Å². The molecule has 6 heteroatoms. The second-order valence-electron chi connectivity index (χ2n) is 4.43. The summed E-state index contributed by atoms with van der Waals surface area (Å²) in [6.07, 6.45) is 1.33. The molecule has 0 spiro atoms. The SMILES string of the molecule is CC(C)NC(=O)CN(C)C(=O)c1ccc(C#N)cn1. The van der Waals surface area contributed by atoms with Crippen LogP contribution in [-0.4, -0.2) is 41.3 Å². The third-order valence-corrected chi connectivity index (χ3v) is 2.29. The van der Waals surface area contributed by atoms with Gasteiger partial charge in [0.15, 0.2) is 0 Å². The first kappa shape index (κ1) is 14.6. The van der Waals surface area contributed by atoms with E-state index in [4.69, 9.17) is 5.26 Å². The van der Waals surface area contributed by atoms with E-state index in [2.05, 4.69) is 10.3 Å². The number of nitrogens with zero attached hydrogens (tertiary/aromatic N) is 3. The molecule has 1 rings (SSSR count). The quantitative estimate of drug-likeness (QED) is 0.856. The number of aromatic nitrogens is 1. The largest absolute Gasteiger partial charge is 0.352 e. The van der Waals surface area contributed by atoms with Crippen LogP contribution in [0.25, 0.3) is 0 Å². The maximum Gasteiger partial charge on any atom is 0.272 e. The first-order valence-corrected chi connectivity index (χ1v) is 5.85.